The summed E-state index contributed by atoms with van der Waals surface area (Å²) in [6.07, 6.45) is 0.253. The Balaban J connectivity index is 2.21. The van der Waals surface area contributed by atoms with Crippen molar-refractivity contribution in [3.05, 3.63) is 23.5 Å². The minimum Gasteiger partial charge on any atom is -0.346 e. The molecule has 0 amide bonds. The predicted molar refractivity (Wildman–Crippen MR) is 71.5 cm³/mol. The van der Waals surface area contributed by atoms with Crippen LogP contribution in [0.4, 0.5) is 0 Å². The Kier molecular flexibility index (Phi) is 4.08. The second-order valence-electron chi connectivity index (χ2n) is 5.39. The lowest BCUT2D eigenvalue weighted by Gasteiger charge is -2.34. The largest absolute Gasteiger partial charge is 0.346 e. The quantitative estimate of drug-likeness (QED) is 0.605. The van der Waals surface area contributed by atoms with Crippen LogP contribution in [0.5, 0.6) is 0 Å². The van der Waals surface area contributed by atoms with E-state index in [0.29, 0.717) is 19.5 Å². The molecule has 0 unspecified atom stereocenters. The molecule has 2 heterocycles. The lowest BCUT2D eigenvalue weighted by molar-refractivity contribution is -0.228. The minimum absolute atomic E-state index is 0.0558. The number of rotatable bonds is 2. The Morgan fingerprint density at radius 3 is 2.68 bits per heavy atom. The highest BCUT2D eigenvalue weighted by Gasteiger charge is 2.30. The minimum atomic E-state index is -0.347. The van der Waals surface area contributed by atoms with E-state index in [4.69, 9.17) is 9.47 Å². The summed E-state index contributed by atoms with van der Waals surface area (Å²) in [5, 5.41) is 0. The SMILES string of the molecule is CCn1c(C#CC=O)ccc1C1OCC(C)(C)CO1. The van der Waals surface area contributed by atoms with E-state index in [1.165, 1.54) is 0 Å². The number of hydrogen-bond donors (Lipinski definition) is 0. The molecule has 2 rings (SSSR count). The molecule has 1 saturated heterocycles. The molecule has 0 spiro atoms. The second kappa shape index (κ2) is 5.60. The molecular formula is C15H19NO3. The summed E-state index contributed by atoms with van der Waals surface area (Å²) in [5.41, 5.74) is 1.81. The van der Waals surface area contributed by atoms with Gasteiger partial charge in [0.15, 0.2) is 12.6 Å². The Morgan fingerprint density at radius 1 is 1.42 bits per heavy atom. The van der Waals surface area contributed by atoms with Gasteiger partial charge in [-0.2, -0.15) is 0 Å². The van der Waals surface area contributed by atoms with Crippen molar-refractivity contribution in [3.8, 4) is 11.8 Å². The Labute approximate surface area is 113 Å². The highest BCUT2D eigenvalue weighted by atomic mass is 16.7. The molecule has 0 aliphatic carbocycles. The van der Waals surface area contributed by atoms with Crippen molar-refractivity contribution >= 4 is 6.29 Å². The molecule has 1 fully saturated rings. The molecule has 4 heteroatoms. The van der Waals surface area contributed by atoms with E-state index in [1.54, 1.807) is 0 Å². The van der Waals surface area contributed by atoms with E-state index in [2.05, 4.69) is 25.7 Å². The molecule has 19 heavy (non-hydrogen) atoms. The number of hydrogen-bond acceptors (Lipinski definition) is 3. The Hall–Kier alpha value is -1.57. The van der Waals surface area contributed by atoms with Gasteiger partial charge in [-0.3, -0.25) is 4.79 Å². The highest BCUT2D eigenvalue weighted by molar-refractivity contribution is 5.73. The molecule has 0 saturated carbocycles. The van der Waals surface area contributed by atoms with Crippen LogP contribution in [-0.4, -0.2) is 24.1 Å². The summed E-state index contributed by atoms with van der Waals surface area (Å²) in [6.45, 7) is 8.36. The highest BCUT2D eigenvalue weighted by Crippen LogP contribution is 2.31. The van der Waals surface area contributed by atoms with E-state index >= 15 is 0 Å². The van der Waals surface area contributed by atoms with Crippen molar-refractivity contribution < 1.29 is 14.3 Å². The van der Waals surface area contributed by atoms with Crippen LogP contribution in [0.25, 0.3) is 0 Å². The van der Waals surface area contributed by atoms with Gasteiger partial charge in [-0.15, -0.1) is 0 Å². The van der Waals surface area contributed by atoms with Gasteiger partial charge < -0.3 is 14.0 Å². The maximum Gasteiger partial charge on any atom is 0.199 e. The average molecular weight is 261 g/mol. The van der Waals surface area contributed by atoms with Crippen LogP contribution in [0.2, 0.25) is 0 Å². The third kappa shape index (κ3) is 3.06. The molecule has 102 valence electrons. The molecule has 0 N–H and O–H groups in total. The Morgan fingerprint density at radius 2 is 2.11 bits per heavy atom. The van der Waals surface area contributed by atoms with Gasteiger partial charge in [-0.1, -0.05) is 13.8 Å². The molecule has 1 aromatic rings. The van der Waals surface area contributed by atoms with Crippen molar-refractivity contribution in [1.29, 1.82) is 0 Å². The van der Waals surface area contributed by atoms with Gasteiger partial charge in [0.05, 0.1) is 24.6 Å². The van der Waals surface area contributed by atoms with Crippen LogP contribution in [0.3, 0.4) is 0 Å². The number of aldehydes is 1. The van der Waals surface area contributed by atoms with Gasteiger partial charge in [0.1, 0.15) is 0 Å². The Bertz CT molecular complexity index is 509. The first kappa shape index (κ1) is 13.9. The van der Waals surface area contributed by atoms with E-state index < -0.39 is 0 Å². The first-order valence-corrected chi connectivity index (χ1v) is 6.45. The van der Waals surface area contributed by atoms with Crippen molar-refractivity contribution in [2.75, 3.05) is 13.2 Å². The van der Waals surface area contributed by atoms with Gasteiger partial charge in [0, 0.05) is 12.0 Å². The molecule has 0 radical (unpaired) electrons. The van der Waals surface area contributed by atoms with Gasteiger partial charge in [0.25, 0.3) is 0 Å². The fraction of sp³-hybridized carbons (Fsp3) is 0.533. The van der Waals surface area contributed by atoms with Crippen LogP contribution in [-0.2, 0) is 20.8 Å². The summed E-state index contributed by atoms with van der Waals surface area (Å²) in [5.74, 6) is 5.26. The standard InChI is InChI=1S/C15H19NO3/c1-4-16-12(6-5-9-17)7-8-13(16)14-18-10-15(2,3)11-19-14/h7-9,14H,4,10-11H2,1-3H3. The van der Waals surface area contributed by atoms with Crippen molar-refractivity contribution in [2.45, 2.75) is 33.6 Å². The molecule has 0 atom stereocenters. The van der Waals surface area contributed by atoms with Gasteiger partial charge in [0.2, 0.25) is 0 Å². The maximum atomic E-state index is 10.3. The topological polar surface area (TPSA) is 40.5 Å². The van der Waals surface area contributed by atoms with E-state index in [9.17, 15) is 4.79 Å². The van der Waals surface area contributed by atoms with Gasteiger partial charge >= 0.3 is 0 Å². The van der Waals surface area contributed by atoms with Crippen LogP contribution in [0, 0.1) is 17.3 Å². The summed E-state index contributed by atoms with van der Waals surface area (Å²) >= 11 is 0. The van der Waals surface area contributed by atoms with Crippen LogP contribution >= 0.6 is 0 Å². The maximum absolute atomic E-state index is 10.3. The molecule has 1 aliphatic rings. The zero-order chi connectivity index (χ0) is 13.9. The number of nitrogens with zero attached hydrogens (tertiary/aromatic N) is 1. The van der Waals surface area contributed by atoms with E-state index in [-0.39, 0.29) is 11.7 Å². The zero-order valence-electron chi connectivity index (χ0n) is 11.6. The molecular weight excluding hydrogens is 242 g/mol. The van der Waals surface area contributed by atoms with Crippen LogP contribution < -0.4 is 0 Å². The predicted octanol–water partition coefficient (Wildman–Crippen LogP) is 2.13. The van der Waals surface area contributed by atoms with E-state index in [0.717, 1.165) is 17.9 Å². The summed E-state index contributed by atoms with van der Waals surface area (Å²) in [6, 6.07) is 3.84. The number of ether oxygens (including phenoxy) is 2. The molecule has 1 aliphatic heterocycles. The normalized spacial score (nSPS) is 18.7. The monoisotopic (exact) mass is 261 g/mol. The number of carbonyl (C=O) groups is 1. The fourth-order valence-electron chi connectivity index (χ4n) is 2.12. The van der Waals surface area contributed by atoms with Crippen LogP contribution in [0.1, 0.15) is 38.4 Å². The third-order valence-corrected chi connectivity index (χ3v) is 3.08. The van der Waals surface area contributed by atoms with Gasteiger partial charge in [-0.25, -0.2) is 0 Å². The zero-order valence-corrected chi connectivity index (χ0v) is 11.6. The van der Waals surface area contributed by atoms with Crippen LogP contribution in [0.15, 0.2) is 12.1 Å². The summed E-state index contributed by atoms with van der Waals surface area (Å²) < 4.78 is 13.6. The molecule has 0 aromatic carbocycles. The second-order valence-corrected chi connectivity index (χ2v) is 5.39. The lowest BCUT2D eigenvalue weighted by Crippen LogP contribution is -2.34. The lowest BCUT2D eigenvalue weighted by atomic mass is 9.95. The fourth-order valence-corrected chi connectivity index (χ4v) is 2.12. The van der Waals surface area contributed by atoms with Crippen molar-refractivity contribution in [3.63, 3.8) is 0 Å². The number of carbonyl (C=O) groups excluding carboxylic acids is 1. The summed E-state index contributed by atoms with van der Waals surface area (Å²) in [4.78, 5) is 10.3. The third-order valence-electron chi connectivity index (χ3n) is 3.08. The van der Waals surface area contributed by atoms with E-state index in [1.807, 2.05) is 23.6 Å². The number of aromatic nitrogens is 1. The molecule has 4 nitrogen and oxygen atoms in total. The van der Waals surface area contributed by atoms with Crippen molar-refractivity contribution in [1.82, 2.24) is 4.57 Å². The van der Waals surface area contributed by atoms with Gasteiger partial charge in [-0.05, 0) is 30.9 Å². The van der Waals surface area contributed by atoms with Crippen molar-refractivity contribution in [2.24, 2.45) is 5.41 Å². The smallest absolute Gasteiger partial charge is 0.199 e. The molecule has 0 bridgehead atoms. The summed E-state index contributed by atoms with van der Waals surface area (Å²) in [7, 11) is 0. The first-order chi connectivity index (χ1) is 9.07. The first-order valence-electron chi connectivity index (χ1n) is 6.45. The average Bonchev–Trinajstić information content (AvgIpc) is 2.79. The molecule has 1 aromatic heterocycles.